The number of anilines is 1. The highest BCUT2D eigenvalue weighted by molar-refractivity contribution is 5.95. The smallest absolute Gasteiger partial charge is 0.227 e. The average Bonchev–Trinajstić information content (AvgIpc) is 2.34. The second-order valence-electron chi connectivity index (χ2n) is 5.59. The maximum Gasteiger partial charge on any atom is 0.227 e. The van der Waals surface area contributed by atoms with E-state index in [0.717, 1.165) is 18.5 Å². The Bertz CT molecular complexity index is 526. The Morgan fingerprint density at radius 2 is 2.11 bits per heavy atom. The second kappa shape index (κ2) is 4.45. The van der Waals surface area contributed by atoms with E-state index in [2.05, 4.69) is 12.1 Å². The summed E-state index contributed by atoms with van der Waals surface area (Å²) in [5.74, 6) is 0.174. The normalized spacial score (nSPS) is 15.2. The zero-order valence-corrected chi connectivity index (χ0v) is 11.2. The summed E-state index contributed by atoms with van der Waals surface area (Å²) in [4.78, 5) is 13.3. The maximum absolute atomic E-state index is 11.6. The zero-order chi connectivity index (χ0) is 13.3. The number of carbonyl (C=O) groups excluding carboxylic acids is 1. The maximum atomic E-state index is 11.6. The van der Waals surface area contributed by atoms with Crippen LogP contribution in [0.2, 0.25) is 0 Å². The van der Waals surface area contributed by atoms with Crippen LogP contribution in [-0.4, -0.2) is 13.0 Å². The predicted octanol–water partition coefficient (Wildman–Crippen LogP) is 2.69. The van der Waals surface area contributed by atoms with Crippen molar-refractivity contribution in [3.63, 3.8) is 0 Å². The summed E-state index contributed by atoms with van der Waals surface area (Å²) in [5.41, 5.74) is 3.04. The van der Waals surface area contributed by atoms with Crippen LogP contribution in [0.15, 0.2) is 18.2 Å². The SMILES string of the molecule is CN1C(=O)CCc2cc(CC(C)(C)C#N)ccc21. The van der Waals surface area contributed by atoms with E-state index in [1.165, 1.54) is 11.1 Å². The molecule has 0 fully saturated rings. The van der Waals surface area contributed by atoms with Crippen LogP contribution < -0.4 is 4.90 Å². The number of nitrogens with zero attached hydrogens (tertiary/aromatic N) is 2. The van der Waals surface area contributed by atoms with Crippen molar-refractivity contribution < 1.29 is 4.79 Å². The molecule has 1 heterocycles. The van der Waals surface area contributed by atoms with Crippen molar-refractivity contribution in [3.8, 4) is 6.07 Å². The summed E-state index contributed by atoms with van der Waals surface area (Å²) in [6, 6.07) is 8.47. The van der Waals surface area contributed by atoms with Crippen LogP contribution in [0.25, 0.3) is 0 Å². The van der Waals surface area contributed by atoms with Crippen molar-refractivity contribution in [1.29, 1.82) is 5.26 Å². The van der Waals surface area contributed by atoms with E-state index in [1.807, 2.05) is 33.0 Å². The monoisotopic (exact) mass is 242 g/mol. The van der Waals surface area contributed by atoms with Crippen LogP contribution in [0.4, 0.5) is 5.69 Å². The number of carbonyl (C=O) groups is 1. The first kappa shape index (κ1) is 12.6. The average molecular weight is 242 g/mol. The molecular weight excluding hydrogens is 224 g/mol. The van der Waals surface area contributed by atoms with E-state index in [9.17, 15) is 4.79 Å². The Kier molecular flexibility index (Phi) is 3.13. The Hall–Kier alpha value is -1.82. The number of amides is 1. The van der Waals surface area contributed by atoms with E-state index in [-0.39, 0.29) is 11.3 Å². The number of fused-ring (bicyclic) bond motifs is 1. The molecule has 1 amide bonds. The van der Waals surface area contributed by atoms with Crippen LogP contribution >= 0.6 is 0 Å². The zero-order valence-electron chi connectivity index (χ0n) is 11.2. The topological polar surface area (TPSA) is 44.1 Å². The first-order valence-corrected chi connectivity index (χ1v) is 6.22. The molecule has 0 saturated heterocycles. The standard InChI is InChI=1S/C15H18N2O/c1-15(2,10-16)9-11-4-6-13-12(8-11)5-7-14(18)17(13)3/h4,6,8H,5,7,9H2,1-3H3. The van der Waals surface area contributed by atoms with Gasteiger partial charge >= 0.3 is 0 Å². The minimum atomic E-state index is -0.343. The van der Waals surface area contributed by atoms with Gasteiger partial charge in [0.05, 0.1) is 11.5 Å². The van der Waals surface area contributed by atoms with Gasteiger partial charge in [0.15, 0.2) is 0 Å². The molecule has 0 saturated carbocycles. The van der Waals surface area contributed by atoms with Gasteiger partial charge < -0.3 is 4.90 Å². The first-order chi connectivity index (χ1) is 8.43. The highest BCUT2D eigenvalue weighted by Crippen LogP contribution is 2.29. The van der Waals surface area contributed by atoms with Crippen LogP contribution in [0.1, 0.15) is 31.4 Å². The first-order valence-electron chi connectivity index (χ1n) is 6.22. The highest BCUT2D eigenvalue weighted by Gasteiger charge is 2.22. The molecule has 0 unspecified atom stereocenters. The molecule has 0 bridgehead atoms. The molecule has 3 heteroatoms. The number of benzene rings is 1. The number of nitriles is 1. The number of hydrogen-bond acceptors (Lipinski definition) is 2. The van der Waals surface area contributed by atoms with Crippen molar-refractivity contribution >= 4 is 11.6 Å². The fourth-order valence-electron chi connectivity index (χ4n) is 2.37. The fraction of sp³-hybridized carbons (Fsp3) is 0.467. The van der Waals surface area contributed by atoms with Crippen LogP contribution in [0.3, 0.4) is 0 Å². The van der Waals surface area contributed by atoms with Crippen molar-refractivity contribution in [2.24, 2.45) is 5.41 Å². The summed E-state index contributed by atoms with van der Waals surface area (Å²) in [5, 5.41) is 9.07. The lowest BCUT2D eigenvalue weighted by Crippen LogP contribution is -2.31. The molecule has 1 aliphatic rings. The highest BCUT2D eigenvalue weighted by atomic mass is 16.2. The molecule has 1 aliphatic heterocycles. The van der Waals surface area contributed by atoms with Gasteiger partial charge in [0.2, 0.25) is 5.91 Å². The van der Waals surface area contributed by atoms with Gasteiger partial charge in [-0.15, -0.1) is 0 Å². The second-order valence-corrected chi connectivity index (χ2v) is 5.59. The summed E-state index contributed by atoms with van der Waals surface area (Å²) >= 11 is 0. The van der Waals surface area contributed by atoms with E-state index in [0.29, 0.717) is 6.42 Å². The van der Waals surface area contributed by atoms with E-state index in [4.69, 9.17) is 5.26 Å². The van der Waals surface area contributed by atoms with E-state index >= 15 is 0 Å². The quantitative estimate of drug-likeness (QED) is 0.800. The predicted molar refractivity (Wildman–Crippen MR) is 71.3 cm³/mol. The molecule has 0 atom stereocenters. The molecular formula is C15H18N2O. The number of rotatable bonds is 2. The summed E-state index contributed by atoms with van der Waals surface area (Å²) in [6.45, 7) is 3.89. The van der Waals surface area contributed by atoms with Gasteiger partial charge in [-0.3, -0.25) is 4.79 Å². The third kappa shape index (κ3) is 2.38. The molecule has 3 nitrogen and oxygen atoms in total. The van der Waals surface area contributed by atoms with Gasteiger partial charge in [0.1, 0.15) is 0 Å². The largest absolute Gasteiger partial charge is 0.315 e. The third-order valence-corrected chi connectivity index (χ3v) is 3.44. The van der Waals surface area contributed by atoms with Crippen LogP contribution in [0, 0.1) is 16.7 Å². The van der Waals surface area contributed by atoms with Gasteiger partial charge in [-0.2, -0.15) is 5.26 Å². The Balaban J connectivity index is 2.29. The van der Waals surface area contributed by atoms with Crippen LogP contribution in [-0.2, 0) is 17.6 Å². The molecule has 94 valence electrons. The Morgan fingerprint density at radius 3 is 2.78 bits per heavy atom. The van der Waals surface area contributed by atoms with Gasteiger partial charge in [-0.25, -0.2) is 0 Å². The van der Waals surface area contributed by atoms with Crippen molar-refractivity contribution in [2.45, 2.75) is 33.1 Å². The molecule has 0 aromatic heterocycles. The Morgan fingerprint density at radius 1 is 1.39 bits per heavy atom. The number of hydrogen-bond donors (Lipinski definition) is 0. The minimum absolute atomic E-state index is 0.174. The van der Waals surface area contributed by atoms with Crippen molar-refractivity contribution in [3.05, 3.63) is 29.3 Å². The van der Waals surface area contributed by atoms with Crippen molar-refractivity contribution in [2.75, 3.05) is 11.9 Å². The molecule has 0 radical (unpaired) electrons. The number of aryl methyl sites for hydroxylation is 1. The van der Waals surface area contributed by atoms with Gasteiger partial charge in [0.25, 0.3) is 0 Å². The fourth-order valence-corrected chi connectivity index (χ4v) is 2.37. The Labute approximate surface area is 108 Å². The van der Waals surface area contributed by atoms with Gasteiger partial charge in [0, 0.05) is 19.2 Å². The molecule has 0 spiro atoms. The van der Waals surface area contributed by atoms with Gasteiger partial charge in [-0.05, 0) is 43.9 Å². The van der Waals surface area contributed by atoms with Gasteiger partial charge in [-0.1, -0.05) is 12.1 Å². The summed E-state index contributed by atoms with van der Waals surface area (Å²) in [7, 11) is 1.82. The molecule has 18 heavy (non-hydrogen) atoms. The lowest BCUT2D eigenvalue weighted by Gasteiger charge is -2.26. The molecule has 0 aliphatic carbocycles. The summed E-state index contributed by atoms with van der Waals surface area (Å²) < 4.78 is 0. The molecule has 1 aromatic carbocycles. The van der Waals surface area contributed by atoms with E-state index < -0.39 is 0 Å². The molecule has 1 aromatic rings. The lowest BCUT2D eigenvalue weighted by molar-refractivity contribution is -0.118. The lowest BCUT2D eigenvalue weighted by atomic mass is 9.86. The van der Waals surface area contributed by atoms with E-state index in [1.54, 1.807) is 4.90 Å². The third-order valence-electron chi connectivity index (χ3n) is 3.44. The van der Waals surface area contributed by atoms with Crippen molar-refractivity contribution in [1.82, 2.24) is 0 Å². The van der Waals surface area contributed by atoms with Crippen LogP contribution in [0.5, 0.6) is 0 Å². The minimum Gasteiger partial charge on any atom is -0.315 e. The summed E-state index contributed by atoms with van der Waals surface area (Å²) in [6.07, 6.45) is 2.13. The molecule has 0 N–H and O–H groups in total. The molecule has 2 rings (SSSR count).